The van der Waals surface area contributed by atoms with Crippen LogP contribution in [0.2, 0.25) is 0 Å². The minimum atomic E-state index is -0.445. The first kappa shape index (κ1) is 29.1. The minimum Gasteiger partial charge on any atom is -0.508 e. The first-order chi connectivity index (χ1) is 21.5. The normalized spacial score (nSPS) is 21.8. The standard InChI is InChI=1S/C35H38FN5O2S/c1-40-13-5-9-24(40)19-43-34-27-11-6-14-41(35-23(18-38)20-44-35)33(27)29-16-22(8-4-12-37)30(31(36)32(29)39-34)28-17-25(42)15-21-7-2-3-10-26(21)28/h2-3,7,10,15-17,23-24,35,42H,4-6,8-9,11,13-14,18-20,38H2,1H3. The number of hydrogen-bond acceptors (Lipinski definition) is 8. The number of aromatic nitrogens is 1. The average Bonchev–Trinajstić information content (AvgIpc) is 3.42. The number of aromatic hydroxyl groups is 1. The van der Waals surface area contributed by atoms with E-state index in [1.807, 2.05) is 42.1 Å². The maximum absolute atomic E-state index is 17.3. The first-order valence-corrected chi connectivity index (χ1v) is 16.7. The maximum atomic E-state index is 17.3. The highest BCUT2D eigenvalue weighted by Crippen LogP contribution is 2.49. The third-order valence-electron chi connectivity index (χ3n) is 9.65. The van der Waals surface area contributed by atoms with Crippen molar-refractivity contribution in [3.05, 3.63) is 59.4 Å². The third kappa shape index (κ3) is 5.03. The Bertz CT molecular complexity index is 1770. The van der Waals surface area contributed by atoms with Crippen molar-refractivity contribution in [2.75, 3.05) is 43.9 Å². The molecule has 2 fully saturated rings. The molecule has 0 bridgehead atoms. The number of anilines is 1. The van der Waals surface area contributed by atoms with E-state index in [1.54, 1.807) is 12.1 Å². The molecule has 2 saturated heterocycles. The van der Waals surface area contributed by atoms with Crippen LogP contribution in [-0.2, 0) is 12.8 Å². The Labute approximate surface area is 261 Å². The molecule has 7 nitrogen and oxygen atoms in total. The molecule has 3 aliphatic rings. The summed E-state index contributed by atoms with van der Waals surface area (Å²) in [4.78, 5) is 9.70. The number of likely N-dealkylation sites (tertiary alicyclic amines) is 1. The maximum Gasteiger partial charge on any atom is 0.219 e. The second kappa shape index (κ2) is 12.1. The van der Waals surface area contributed by atoms with E-state index in [0.717, 1.165) is 77.5 Å². The van der Waals surface area contributed by atoms with Crippen molar-refractivity contribution in [1.29, 1.82) is 5.26 Å². The van der Waals surface area contributed by atoms with Crippen LogP contribution < -0.4 is 15.4 Å². The van der Waals surface area contributed by atoms with Gasteiger partial charge >= 0.3 is 0 Å². The second-order valence-electron chi connectivity index (χ2n) is 12.3. The molecule has 0 amide bonds. The van der Waals surface area contributed by atoms with Crippen LogP contribution >= 0.6 is 11.8 Å². The number of hydrogen-bond donors (Lipinski definition) is 2. The van der Waals surface area contributed by atoms with Gasteiger partial charge in [0, 0.05) is 47.2 Å². The largest absolute Gasteiger partial charge is 0.508 e. The van der Waals surface area contributed by atoms with E-state index in [2.05, 4.69) is 22.9 Å². The van der Waals surface area contributed by atoms with Crippen LogP contribution in [0.3, 0.4) is 0 Å². The molecule has 228 valence electrons. The predicted octanol–water partition coefficient (Wildman–Crippen LogP) is 6.23. The molecule has 44 heavy (non-hydrogen) atoms. The third-order valence-corrected chi connectivity index (χ3v) is 11.2. The first-order valence-electron chi connectivity index (χ1n) is 15.7. The van der Waals surface area contributed by atoms with Crippen LogP contribution in [0.1, 0.15) is 36.8 Å². The summed E-state index contributed by atoms with van der Waals surface area (Å²) >= 11 is 1.90. The number of phenolic OH excluding ortho intramolecular Hbond substituents is 1. The molecule has 4 heterocycles. The summed E-state index contributed by atoms with van der Waals surface area (Å²) in [6.07, 6.45) is 4.61. The molecule has 3 aliphatic heterocycles. The van der Waals surface area contributed by atoms with Gasteiger partial charge in [-0.1, -0.05) is 24.3 Å². The molecule has 3 atom stereocenters. The number of rotatable bonds is 8. The molecule has 4 aromatic rings. The van der Waals surface area contributed by atoms with E-state index < -0.39 is 5.82 Å². The van der Waals surface area contributed by atoms with Gasteiger partial charge in [0.25, 0.3) is 0 Å². The number of fused-ring (bicyclic) bond motifs is 4. The summed E-state index contributed by atoms with van der Waals surface area (Å²) in [6, 6.07) is 15.6. The van der Waals surface area contributed by atoms with Crippen molar-refractivity contribution in [1.82, 2.24) is 9.88 Å². The van der Waals surface area contributed by atoms with E-state index in [0.29, 0.717) is 48.5 Å². The van der Waals surface area contributed by atoms with Gasteiger partial charge in [0.15, 0.2) is 5.82 Å². The number of aryl methyl sites for hydroxylation is 1. The lowest BCUT2D eigenvalue weighted by molar-refractivity contribution is 0.192. The Morgan fingerprint density at radius 3 is 2.80 bits per heavy atom. The molecule has 0 spiro atoms. The SMILES string of the molecule is CN1CCCC1COc1nc2c(F)c(-c3cc(O)cc4ccccc34)c(CCC#N)cc2c2c1CCCN2C1SCC1CN. The van der Waals surface area contributed by atoms with Crippen LogP contribution in [-0.4, -0.2) is 65.4 Å². The molecule has 3 aromatic carbocycles. The fourth-order valence-corrected chi connectivity index (χ4v) is 8.55. The molecule has 1 aromatic heterocycles. The fraction of sp³-hybridized carbons (Fsp3) is 0.429. The number of nitrogens with two attached hydrogens (primary N) is 1. The van der Waals surface area contributed by atoms with Crippen molar-refractivity contribution in [3.63, 3.8) is 0 Å². The zero-order valence-corrected chi connectivity index (χ0v) is 25.9. The number of ether oxygens (including phenoxy) is 1. The molecule has 0 saturated carbocycles. The zero-order chi connectivity index (χ0) is 30.4. The van der Waals surface area contributed by atoms with Gasteiger partial charge in [-0.15, -0.1) is 11.8 Å². The van der Waals surface area contributed by atoms with Gasteiger partial charge in [-0.05, 0) is 92.3 Å². The molecule has 7 rings (SSSR count). The van der Waals surface area contributed by atoms with Crippen molar-refractivity contribution >= 4 is 39.1 Å². The van der Waals surface area contributed by atoms with E-state index in [9.17, 15) is 10.4 Å². The Hall–Kier alpha value is -3.58. The van der Waals surface area contributed by atoms with Gasteiger partial charge in [-0.25, -0.2) is 9.37 Å². The molecule has 0 aliphatic carbocycles. The van der Waals surface area contributed by atoms with Crippen LogP contribution in [0, 0.1) is 23.1 Å². The van der Waals surface area contributed by atoms with Crippen LogP contribution in [0.5, 0.6) is 11.6 Å². The Morgan fingerprint density at radius 2 is 2.05 bits per heavy atom. The lowest BCUT2D eigenvalue weighted by atomic mass is 9.89. The Kier molecular flexibility index (Phi) is 8.00. The highest BCUT2D eigenvalue weighted by Gasteiger charge is 2.40. The number of nitriles is 1. The summed E-state index contributed by atoms with van der Waals surface area (Å²) in [7, 11) is 2.13. The number of likely N-dealkylation sites (N-methyl/N-ethyl adjacent to an activating group) is 1. The van der Waals surface area contributed by atoms with E-state index in [4.69, 9.17) is 15.5 Å². The van der Waals surface area contributed by atoms with Crippen LogP contribution in [0.25, 0.3) is 32.8 Å². The zero-order valence-electron chi connectivity index (χ0n) is 25.1. The summed E-state index contributed by atoms with van der Waals surface area (Å²) in [5.74, 6) is 1.52. The van der Waals surface area contributed by atoms with Gasteiger partial charge in [-0.3, -0.25) is 0 Å². The predicted molar refractivity (Wildman–Crippen MR) is 176 cm³/mol. The molecular formula is C35H38FN5O2S. The number of pyridine rings is 1. The van der Waals surface area contributed by atoms with Crippen LogP contribution in [0.15, 0.2) is 42.5 Å². The number of halogens is 1. The topological polar surface area (TPSA) is 98.6 Å². The fourth-order valence-electron chi connectivity index (χ4n) is 7.27. The molecule has 9 heteroatoms. The molecular weight excluding hydrogens is 573 g/mol. The lowest BCUT2D eigenvalue weighted by Crippen LogP contribution is -2.50. The minimum absolute atomic E-state index is 0.0635. The lowest BCUT2D eigenvalue weighted by Gasteiger charge is -2.47. The van der Waals surface area contributed by atoms with Gasteiger partial charge in [0.2, 0.25) is 5.88 Å². The van der Waals surface area contributed by atoms with Crippen molar-refractivity contribution in [2.45, 2.75) is 49.9 Å². The second-order valence-corrected chi connectivity index (χ2v) is 13.5. The summed E-state index contributed by atoms with van der Waals surface area (Å²) in [6.45, 7) is 3.03. The quantitative estimate of drug-likeness (QED) is 0.242. The van der Waals surface area contributed by atoms with Gasteiger partial charge < -0.3 is 25.4 Å². The molecule has 3 unspecified atom stereocenters. The van der Waals surface area contributed by atoms with Crippen molar-refractivity contribution in [3.8, 4) is 28.8 Å². The van der Waals surface area contributed by atoms with E-state index in [-0.39, 0.29) is 23.1 Å². The summed E-state index contributed by atoms with van der Waals surface area (Å²) < 4.78 is 23.8. The number of thioether (sulfide) groups is 1. The number of benzene rings is 3. The molecule has 0 radical (unpaired) electrons. The highest BCUT2D eigenvalue weighted by atomic mass is 32.2. The summed E-state index contributed by atoms with van der Waals surface area (Å²) in [5, 5.41) is 22.9. The van der Waals surface area contributed by atoms with Crippen molar-refractivity contribution in [2.24, 2.45) is 11.7 Å². The average molecular weight is 612 g/mol. The van der Waals surface area contributed by atoms with Gasteiger partial charge in [0.05, 0.1) is 17.1 Å². The Balaban J connectivity index is 1.47. The monoisotopic (exact) mass is 611 g/mol. The van der Waals surface area contributed by atoms with E-state index >= 15 is 4.39 Å². The van der Waals surface area contributed by atoms with Crippen molar-refractivity contribution < 1.29 is 14.2 Å². The Morgan fingerprint density at radius 1 is 1.18 bits per heavy atom. The van der Waals surface area contributed by atoms with Gasteiger partial charge in [-0.2, -0.15) is 5.26 Å². The van der Waals surface area contributed by atoms with E-state index in [1.165, 1.54) is 0 Å². The number of nitrogens with zero attached hydrogens (tertiary/aromatic N) is 4. The van der Waals surface area contributed by atoms with Gasteiger partial charge in [0.1, 0.15) is 17.9 Å². The number of phenols is 1. The summed E-state index contributed by atoms with van der Waals surface area (Å²) in [5.41, 5.74) is 10.2. The van der Waals surface area contributed by atoms with Crippen LogP contribution in [0.4, 0.5) is 10.1 Å². The molecule has 3 N–H and O–H groups in total. The smallest absolute Gasteiger partial charge is 0.219 e. The highest BCUT2D eigenvalue weighted by molar-refractivity contribution is 8.01.